The lowest BCUT2D eigenvalue weighted by atomic mass is 9.99. The third-order valence-electron chi connectivity index (χ3n) is 5.48. The maximum absolute atomic E-state index is 15.0. The summed E-state index contributed by atoms with van der Waals surface area (Å²) in [7, 11) is 0. The number of hydrogen-bond donors (Lipinski definition) is 1. The van der Waals surface area contributed by atoms with Crippen molar-refractivity contribution in [1.29, 1.82) is 5.26 Å². The Morgan fingerprint density at radius 3 is 2.19 bits per heavy atom. The van der Waals surface area contributed by atoms with E-state index in [2.05, 4.69) is 5.32 Å². The van der Waals surface area contributed by atoms with Crippen LogP contribution in [0.25, 0.3) is 0 Å². The number of alkyl halides is 4. The Kier molecular flexibility index (Phi) is 8.59. The van der Waals surface area contributed by atoms with Crippen molar-refractivity contribution < 1.29 is 27.1 Å². The van der Waals surface area contributed by atoms with Crippen LogP contribution in [0.2, 0.25) is 5.02 Å². The number of hydrogen-bond acceptors (Lipinski definition) is 4. The van der Waals surface area contributed by atoms with Crippen LogP contribution in [0.1, 0.15) is 48.4 Å². The number of nitrogens with zero attached hydrogens (tertiary/aromatic N) is 1. The van der Waals surface area contributed by atoms with E-state index in [0.717, 1.165) is 18.2 Å². The van der Waals surface area contributed by atoms with E-state index >= 15 is 4.39 Å². The van der Waals surface area contributed by atoms with Crippen molar-refractivity contribution in [2.24, 2.45) is 5.92 Å². The first-order chi connectivity index (χ1) is 17.0. The molecule has 0 aromatic heterocycles. The minimum absolute atomic E-state index is 0.110. The minimum atomic E-state index is -4.56. The van der Waals surface area contributed by atoms with E-state index in [1.807, 2.05) is 6.07 Å². The Morgan fingerprint density at radius 1 is 0.972 bits per heavy atom. The Morgan fingerprint density at radius 2 is 1.61 bits per heavy atom. The molecule has 0 fully saturated rings. The average molecular weight is 519 g/mol. The van der Waals surface area contributed by atoms with Gasteiger partial charge in [0.15, 0.2) is 6.17 Å². The highest BCUT2D eigenvalue weighted by Crippen LogP contribution is 2.35. The molecule has 0 saturated carbocycles. The number of rotatable bonds is 8. The van der Waals surface area contributed by atoms with Crippen LogP contribution in [0.3, 0.4) is 0 Å². The SMILES string of the molecule is CC(C)C(Nc1ccc(C(F)(F)F)cc1Cl)C(=O)OC(C#N)c1cccc(C(F)c2ccccc2)c1. The lowest BCUT2D eigenvalue weighted by Gasteiger charge is -2.24. The van der Waals surface area contributed by atoms with Crippen LogP contribution in [0.4, 0.5) is 23.2 Å². The fraction of sp³-hybridized carbons (Fsp3) is 0.259. The van der Waals surface area contributed by atoms with Gasteiger partial charge < -0.3 is 10.1 Å². The van der Waals surface area contributed by atoms with Crippen molar-refractivity contribution in [3.05, 3.63) is 100 Å². The van der Waals surface area contributed by atoms with Crippen LogP contribution in [0.5, 0.6) is 0 Å². The number of ether oxygens (including phenoxy) is 1. The van der Waals surface area contributed by atoms with Crippen molar-refractivity contribution in [2.45, 2.75) is 38.3 Å². The monoisotopic (exact) mass is 518 g/mol. The molecule has 0 aliphatic heterocycles. The van der Waals surface area contributed by atoms with Crippen LogP contribution in [0, 0.1) is 17.2 Å². The maximum Gasteiger partial charge on any atom is 0.416 e. The predicted molar refractivity (Wildman–Crippen MR) is 129 cm³/mol. The van der Waals surface area contributed by atoms with E-state index < -0.39 is 36.0 Å². The lowest BCUT2D eigenvalue weighted by molar-refractivity contribution is -0.148. The number of benzene rings is 3. The van der Waals surface area contributed by atoms with Gasteiger partial charge in [0.1, 0.15) is 12.1 Å². The molecular weight excluding hydrogens is 496 g/mol. The zero-order valence-electron chi connectivity index (χ0n) is 19.4. The standard InChI is InChI=1S/C27H23ClF4N2O2/c1-16(2)25(34-22-12-11-20(14-21(22)28)27(30,31)32)26(35)36-23(15-33)18-9-6-10-19(13-18)24(29)17-7-4-3-5-8-17/h3-14,16,23-25,34H,1-2H3. The van der Waals surface area contributed by atoms with Crippen LogP contribution in [-0.2, 0) is 15.7 Å². The Labute approximate surface area is 211 Å². The van der Waals surface area contributed by atoms with Crippen LogP contribution >= 0.6 is 11.6 Å². The summed E-state index contributed by atoms with van der Waals surface area (Å²) in [6.45, 7) is 3.40. The average Bonchev–Trinajstić information content (AvgIpc) is 2.85. The molecule has 3 aromatic rings. The first-order valence-electron chi connectivity index (χ1n) is 11.0. The summed E-state index contributed by atoms with van der Waals surface area (Å²) in [4.78, 5) is 13.0. The first kappa shape index (κ1) is 27.0. The third-order valence-corrected chi connectivity index (χ3v) is 5.79. The van der Waals surface area contributed by atoms with Crippen molar-refractivity contribution >= 4 is 23.3 Å². The van der Waals surface area contributed by atoms with E-state index in [0.29, 0.717) is 11.1 Å². The number of anilines is 1. The second-order valence-corrected chi connectivity index (χ2v) is 8.85. The quantitative estimate of drug-likeness (QED) is 0.245. The molecule has 0 radical (unpaired) electrons. The first-order valence-corrected chi connectivity index (χ1v) is 11.4. The van der Waals surface area contributed by atoms with Crippen molar-refractivity contribution in [3.8, 4) is 6.07 Å². The molecule has 1 N–H and O–H groups in total. The van der Waals surface area contributed by atoms with E-state index in [1.54, 1.807) is 62.4 Å². The van der Waals surface area contributed by atoms with E-state index in [-0.39, 0.29) is 22.2 Å². The summed E-state index contributed by atoms with van der Waals surface area (Å²) >= 11 is 6.01. The molecule has 0 heterocycles. The molecule has 4 nitrogen and oxygen atoms in total. The van der Waals surface area contributed by atoms with Gasteiger partial charge in [0, 0.05) is 5.56 Å². The molecule has 0 aliphatic carbocycles. The van der Waals surface area contributed by atoms with Crippen molar-refractivity contribution in [3.63, 3.8) is 0 Å². The van der Waals surface area contributed by atoms with Crippen LogP contribution in [-0.4, -0.2) is 12.0 Å². The van der Waals surface area contributed by atoms with Gasteiger partial charge in [0.25, 0.3) is 0 Å². The highest BCUT2D eigenvalue weighted by molar-refractivity contribution is 6.33. The molecule has 3 aromatic carbocycles. The zero-order chi connectivity index (χ0) is 26.5. The highest BCUT2D eigenvalue weighted by Gasteiger charge is 2.32. The van der Waals surface area contributed by atoms with Gasteiger partial charge in [-0.05, 0) is 41.3 Å². The molecule has 3 unspecified atom stereocenters. The Balaban J connectivity index is 1.79. The second-order valence-electron chi connectivity index (χ2n) is 8.45. The molecule has 0 aliphatic rings. The highest BCUT2D eigenvalue weighted by atomic mass is 35.5. The minimum Gasteiger partial charge on any atom is -0.440 e. The smallest absolute Gasteiger partial charge is 0.416 e. The topological polar surface area (TPSA) is 62.1 Å². The Hall–Kier alpha value is -3.57. The number of nitrogens with one attached hydrogen (secondary N) is 1. The number of carbonyl (C=O) groups excluding carboxylic acids is 1. The lowest BCUT2D eigenvalue weighted by Crippen LogP contribution is -2.36. The summed E-state index contributed by atoms with van der Waals surface area (Å²) in [6.07, 6.45) is -7.33. The molecule has 0 bridgehead atoms. The number of nitriles is 1. The third kappa shape index (κ3) is 6.55. The second kappa shape index (κ2) is 11.4. The van der Waals surface area contributed by atoms with Gasteiger partial charge in [-0.3, -0.25) is 0 Å². The van der Waals surface area contributed by atoms with Gasteiger partial charge in [-0.2, -0.15) is 18.4 Å². The summed E-state index contributed by atoms with van der Waals surface area (Å²) in [6, 6.07) is 18.3. The molecule has 3 atom stereocenters. The fourth-order valence-corrected chi connectivity index (χ4v) is 3.76. The fourth-order valence-electron chi connectivity index (χ4n) is 3.53. The van der Waals surface area contributed by atoms with Gasteiger partial charge in [-0.1, -0.05) is 74.0 Å². The summed E-state index contributed by atoms with van der Waals surface area (Å²) in [5.74, 6) is -1.17. The predicted octanol–water partition coefficient (Wildman–Crippen LogP) is 7.66. The maximum atomic E-state index is 15.0. The molecular formula is C27H23ClF4N2O2. The number of halogens is 5. The molecule has 3 rings (SSSR count). The molecule has 188 valence electrons. The molecule has 9 heteroatoms. The summed E-state index contributed by atoms with van der Waals surface area (Å²) in [5, 5.41) is 12.3. The van der Waals surface area contributed by atoms with Crippen molar-refractivity contribution in [2.75, 3.05) is 5.32 Å². The zero-order valence-corrected chi connectivity index (χ0v) is 20.1. The van der Waals surface area contributed by atoms with Gasteiger partial charge in [-0.15, -0.1) is 0 Å². The molecule has 36 heavy (non-hydrogen) atoms. The summed E-state index contributed by atoms with van der Waals surface area (Å²) < 4.78 is 59.2. The van der Waals surface area contributed by atoms with Crippen molar-refractivity contribution in [1.82, 2.24) is 0 Å². The van der Waals surface area contributed by atoms with Gasteiger partial charge >= 0.3 is 12.1 Å². The van der Waals surface area contributed by atoms with Gasteiger partial charge in [0.2, 0.25) is 6.10 Å². The Bertz CT molecular complexity index is 1240. The molecule has 0 saturated heterocycles. The molecule has 0 spiro atoms. The van der Waals surface area contributed by atoms with Crippen LogP contribution < -0.4 is 5.32 Å². The van der Waals surface area contributed by atoms with Gasteiger partial charge in [0.05, 0.1) is 16.3 Å². The number of carbonyl (C=O) groups is 1. The summed E-state index contributed by atoms with van der Waals surface area (Å²) in [5.41, 5.74) is 0.214. The van der Waals surface area contributed by atoms with E-state index in [1.165, 1.54) is 6.07 Å². The van der Waals surface area contributed by atoms with E-state index in [4.69, 9.17) is 16.3 Å². The van der Waals surface area contributed by atoms with Crippen LogP contribution in [0.15, 0.2) is 72.8 Å². The molecule has 0 amide bonds. The van der Waals surface area contributed by atoms with E-state index in [9.17, 15) is 23.2 Å². The normalized spacial score (nSPS) is 14.0. The largest absolute Gasteiger partial charge is 0.440 e. The van der Waals surface area contributed by atoms with Gasteiger partial charge in [-0.25, -0.2) is 9.18 Å². The number of esters is 1.